The van der Waals surface area contributed by atoms with Crippen molar-refractivity contribution in [2.75, 3.05) is 12.3 Å². The van der Waals surface area contributed by atoms with Crippen molar-refractivity contribution in [3.05, 3.63) is 57.6 Å². The molecule has 0 saturated carbocycles. The molecule has 3 rings (SSSR count). The molecule has 0 atom stereocenters. The van der Waals surface area contributed by atoms with Gasteiger partial charge in [0.05, 0.1) is 5.75 Å². The van der Waals surface area contributed by atoms with E-state index in [1.54, 1.807) is 0 Å². The molecule has 1 aliphatic carbocycles. The lowest BCUT2D eigenvalue weighted by molar-refractivity contribution is -0.118. The minimum atomic E-state index is -0.322. The van der Waals surface area contributed by atoms with Gasteiger partial charge in [-0.2, -0.15) is 4.98 Å². The first-order chi connectivity index (χ1) is 11.2. The van der Waals surface area contributed by atoms with E-state index >= 15 is 0 Å². The molecule has 1 aromatic carbocycles. The zero-order valence-corrected chi connectivity index (χ0v) is 13.6. The lowest BCUT2D eigenvalue weighted by Crippen LogP contribution is -2.27. The summed E-state index contributed by atoms with van der Waals surface area (Å²) in [6.45, 7) is 0.615. The van der Waals surface area contributed by atoms with Gasteiger partial charge in [-0.05, 0) is 31.2 Å². The van der Waals surface area contributed by atoms with Gasteiger partial charge in [-0.3, -0.25) is 4.79 Å². The van der Waals surface area contributed by atoms with E-state index in [1.807, 2.05) is 30.3 Å². The third kappa shape index (κ3) is 4.22. The molecule has 0 saturated heterocycles. The predicted molar refractivity (Wildman–Crippen MR) is 90.8 cm³/mol. The van der Waals surface area contributed by atoms with Gasteiger partial charge in [0, 0.05) is 17.8 Å². The predicted octanol–water partition coefficient (Wildman–Crippen LogP) is 1.71. The number of aromatic nitrogens is 2. The average molecular weight is 329 g/mol. The van der Waals surface area contributed by atoms with E-state index in [0.717, 1.165) is 36.9 Å². The fraction of sp³-hybridized carbons (Fsp3) is 0.353. The number of benzene rings is 1. The lowest BCUT2D eigenvalue weighted by Gasteiger charge is -2.07. The van der Waals surface area contributed by atoms with Gasteiger partial charge in [0.25, 0.3) is 0 Å². The standard InChI is InChI=1S/C17H19N3O2S/c21-15(18-10-9-12-5-2-1-3-6-12)11-23-16-13-7-4-8-14(13)19-17(22)20-16/h1-3,5-6H,4,7-11H2,(H,18,21)(H,19,20,22). The van der Waals surface area contributed by atoms with Crippen LogP contribution in [0.2, 0.25) is 0 Å². The first-order valence-electron chi connectivity index (χ1n) is 7.78. The molecule has 2 N–H and O–H groups in total. The van der Waals surface area contributed by atoms with Gasteiger partial charge in [0.2, 0.25) is 5.91 Å². The summed E-state index contributed by atoms with van der Waals surface area (Å²) in [6.07, 6.45) is 3.67. The van der Waals surface area contributed by atoms with Crippen LogP contribution in [0.4, 0.5) is 0 Å². The monoisotopic (exact) mass is 329 g/mol. The zero-order valence-electron chi connectivity index (χ0n) is 12.8. The maximum absolute atomic E-state index is 11.9. The molecule has 120 valence electrons. The fourth-order valence-corrected chi connectivity index (χ4v) is 3.65. The molecule has 1 aromatic heterocycles. The summed E-state index contributed by atoms with van der Waals surface area (Å²) in [5.74, 6) is 0.261. The summed E-state index contributed by atoms with van der Waals surface area (Å²) in [5.41, 5.74) is 2.97. The number of rotatable bonds is 6. The smallest absolute Gasteiger partial charge is 0.346 e. The van der Waals surface area contributed by atoms with Crippen LogP contribution in [0.25, 0.3) is 0 Å². The maximum Gasteiger partial charge on any atom is 0.346 e. The molecule has 1 heterocycles. The van der Waals surface area contributed by atoms with Crippen LogP contribution in [0.15, 0.2) is 40.2 Å². The number of fused-ring (bicyclic) bond motifs is 1. The molecule has 1 amide bonds. The lowest BCUT2D eigenvalue weighted by atomic mass is 10.1. The van der Waals surface area contributed by atoms with Crippen LogP contribution in [0.1, 0.15) is 23.2 Å². The summed E-state index contributed by atoms with van der Waals surface area (Å²) < 4.78 is 0. The Morgan fingerprint density at radius 3 is 2.91 bits per heavy atom. The Balaban J connectivity index is 1.49. The Bertz CT molecular complexity index is 743. The normalized spacial score (nSPS) is 12.9. The Hall–Kier alpha value is -2.08. The Labute approximate surface area is 138 Å². The third-order valence-electron chi connectivity index (χ3n) is 3.86. The van der Waals surface area contributed by atoms with Gasteiger partial charge < -0.3 is 10.3 Å². The highest BCUT2D eigenvalue weighted by Gasteiger charge is 2.18. The summed E-state index contributed by atoms with van der Waals surface area (Å²) in [5, 5.41) is 3.62. The van der Waals surface area contributed by atoms with Gasteiger partial charge in [-0.15, -0.1) is 0 Å². The molecule has 0 unspecified atom stereocenters. The van der Waals surface area contributed by atoms with E-state index < -0.39 is 0 Å². The van der Waals surface area contributed by atoms with Crippen LogP contribution < -0.4 is 11.0 Å². The van der Waals surface area contributed by atoms with Crippen LogP contribution in [0.5, 0.6) is 0 Å². The van der Waals surface area contributed by atoms with Crippen molar-refractivity contribution in [1.82, 2.24) is 15.3 Å². The van der Waals surface area contributed by atoms with Crippen LogP contribution in [0, 0.1) is 0 Å². The number of carbonyl (C=O) groups excluding carboxylic acids is 1. The van der Waals surface area contributed by atoms with Crippen molar-refractivity contribution in [2.45, 2.75) is 30.7 Å². The first-order valence-corrected chi connectivity index (χ1v) is 8.76. The van der Waals surface area contributed by atoms with Crippen molar-refractivity contribution in [2.24, 2.45) is 0 Å². The minimum absolute atomic E-state index is 0.0280. The molecule has 0 bridgehead atoms. The molecule has 5 nitrogen and oxygen atoms in total. The zero-order chi connectivity index (χ0) is 16.1. The maximum atomic E-state index is 11.9. The number of aryl methyl sites for hydroxylation is 1. The summed E-state index contributed by atoms with van der Waals surface area (Å²) in [4.78, 5) is 30.3. The molecule has 23 heavy (non-hydrogen) atoms. The van der Waals surface area contributed by atoms with Gasteiger partial charge in [-0.25, -0.2) is 4.79 Å². The Morgan fingerprint density at radius 2 is 2.09 bits per heavy atom. The van der Waals surface area contributed by atoms with E-state index in [0.29, 0.717) is 11.6 Å². The highest BCUT2D eigenvalue weighted by molar-refractivity contribution is 7.99. The number of hydrogen-bond acceptors (Lipinski definition) is 4. The first kappa shape index (κ1) is 15.8. The number of nitrogens with one attached hydrogen (secondary N) is 2. The Kier molecular flexibility index (Phi) is 5.12. The van der Waals surface area contributed by atoms with Crippen LogP contribution >= 0.6 is 11.8 Å². The minimum Gasteiger partial charge on any atom is -0.355 e. The van der Waals surface area contributed by atoms with Crippen molar-refractivity contribution >= 4 is 17.7 Å². The molecule has 1 aliphatic rings. The highest BCUT2D eigenvalue weighted by atomic mass is 32.2. The van der Waals surface area contributed by atoms with Crippen molar-refractivity contribution in [3.63, 3.8) is 0 Å². The second-order valence-electron chi connectivity index (χ2n) is 5.53. The fourth-order valence-electron chi connectivity index (χ4n) is 2.73. The van der Waals surface area contributed by atoms with E-state index in [-0.39, 0.29) is 17.3 Å². The van der Waals surface area contributed by atoms with Crippen molar-refractivity contribution < 1.29 is 4.79 Å². The molecular weight excluding hydrogens is 310 g/mol. The van der Waals surface area contributed by atoms with E-state index in [9.17, 15) is 9.59 Å². The van der Waals surface area contributed by atoms with Gasteiger partial charge in [0.1, 0.15) is 5.03 Å². The molecular formula is C17H19N3O2S. The molecule has 2 aromatic rings. The quantitative estimate of drug-likeness (QED) is 0.625. The SMILES string of the molecule is O=C(CSc1nc(=O)[nH]c2c1CCC2)NCCc1ccccc1. The summed E-state index contributed by atoms with van der Waals surface area (Å²) >= 11 is 1.35. The van der Waals surface area contributed by atoms with Crippen molar-refractivity contribution in [3.8, 4) is 0 Å². The summed E-state index contributed by atoms with van der Waals surface area (Å²) in [6, 6.07) is 10.1. The molecule has 0 fully saturated rings. The average Bonchev–Trinajstić information content (AvgIpc) is 3.02. The number of carbonyl (C=O) groups is 1. The van der Waals surface area contributed by atoms with Crippen molar-refractivity contribution in [1.29, 1.82) is 0 Å². The number of nitrogens with zero attached hydrogens (tertiary/aromatic N) is 1. The number of thioether (sulfide) groups is 1. The summed E-state index contributed by atoms with van der Waals surface area (Å²) in [7, 11) is 0. The van der Waals surface area contributed by atoms with Crippen LogP contribution in [-0.4, -0.2) is 28.2 Å². The second kappa shape index (κ2) is 7.46. The van der Waals surface area contributed by atoms with Crippen LogP contribution in [-0.2, 0) is 24.1 Å². The topological polar surface area (TPSA) is 74.8 Å². The molecule has 0 radical (unpaired) electrons. The molecule has 0 aliphatic heterocycles. The number of H-pyrrole nitrogens is 1. The van der Waals surface area contributed by atoms with Gasteiger partial charge in [0.15, 0.2) is 0 Å². The second-order valence-corrected chi connectivity index (χ2v) is 6.50. The van der Waals surface area contributed by atoms with E-state index in [1.165, 1.54) is 17.3 Å². The number of aromatic amines is 1. The van der Waals surface area contributed by atoms with E-state index in [4.69, 9.17) is 0 Å². The third-order valence-corrected chi connectivity index (χ3v) is 4.87. The van der Waals surface area contributed by atoms with Crippen LogP contribution in [0.3, 0.4) is 0 Å². The largest absolute Gasteiger partial charge is 0.355 e. The van der Waals surface area contributed by atoms with E-state index in [2.05, 4.69) is 15.3 Å². The highest BCUT2D eigenvalue weighted by Crippen LogP contribution is 2.27. The molecule has 6 heteroatoms. The number of amides is 1. The van der Waals surface area contributed by atoms with Gasteiger partial charge >= 0.3 is 5.69 Å². The number of hydrogen-bond donors (Lipinski definition) is 2. The molecule has 0 spiro atoms. The Morgan fingerprint density at radius 1 is 1.26 bits per heavy atom. The van der Waals surface area contributed by atoms with Gasteiger partial charge in [-0.1, -0.05) is 42.1 Å².